The van der Waals surface area contributed by atoms with Crippen molar-refractivity contribution in [2.45, 2.75) is 6.92 Å². The molecule has 3 rings (SSSR count). The molecule has 0 atom stereocenters. The fourth-order valence-electron chi connectivity index (χ4n) is 2.55. The summed E-state index contributed by atoms with van der Waals surface area (Å²) in [6.07, 6.45) is 0. The molecule has 1 N–H and O–H groups in total. The Labute approximate surface area is 164 Å². The lowest BCUT2D eigenvalue weighted by atomic mass is 10.2. The molecule has 3 aromatic rings. The summed E-state index contributed by atoms with van der Waals surface area (Å²) in [5.41, 5.74) is 2.20. The summed E-state index contributed by atoms with van der Waals surface area (Å²) in [5.74, 6) is -0.497. The zero-order chi connectivity index (χ0) is 18.8. The van der Waals surface area contributed by atoms with Crippen molar-refractivity contribution in [3.05, 3.63) is 63.3 Å². The Morgan fingerprint density at radius 1 is 1.19 bits per heavy atom. The molecule has 0 fully saturated rings. The van der Waals surface area contributed by atoms with Crippen LogP contribution in [0.25, 0.3) is 11.0 Å². The van der Waals surface area contributed by atoms with E-state index in [4.69, 9.17) is 16.0 Å². The summed E-state index contributed by atoms with van der Waals surface area (Å²) < 4.78 is 6.49. The van der Waals surface area contributed by atoms with E-state index in [-0.39, 0.29) is 24.1 Å². The van der Waals surface area contributed by atoms with Gasteiger partial charge in [0.25, 0.3) is 5.91 Å². The Balaban J connectivity index is 1.68. The number of amides is 2. The van der Waals surface area contributed by atoms with Crippen LogP contribution in [0.1, 0.15) is 16.1 Å². The number of nitrogens with zero attached hydrogens (tertiary/aromatic N) is 1. The van der Waals surface area contributed by atoms with Gasteiger partial charge < -0.3 is 14.6 Å². The first kappa shape index (κ1) is 18.5. The highest BCUT2D eigenvalue weighted by molar-refractivity contribution is 9.10. The van der Waals surface area contributed by atoms with Crippen molar-refractivity contribution < 1.29 is 14.0 Å². The van der Waals surface area contributed by atoms with Gasteiger partial charge in [-0.15, -0.1) is 0 Å². The number of hydrogen-bond acceptors (Lipinski definition) is 3. The number of likely N-dealkylation sites (N-methyl/N-ethyl adjacent to an activating group) is 1. The molecule has 0 spiro atoms. The molecule has 26 heavy (non-hydrogen) atoms. The number of benzene rings is 2. The maximum Gasteiger partial charge on any atom is 0.289 e. The second kappa shape index (κ2) is 7.51. The van der Waals surface area contributed by atoms with Crippen molar-refractivity contribution in [2.75, 3.05) is 18.9 Å². The van der Waals surface area contributed by atoms with E-state index in [2.05, 4.69) is 21.2 Å². The number of hydrogen-bond donors (Lipinski definition) is 1. The Morgan fingerprint density at radius 2 is 1.96 bits per heavy atom. The maximum absolute atomic E-state index is 12.5. The van der Waals surface area contributed by atoms with Crippen molar-refractivity contribution in [3.8, 4) is 0 Å². The molecule has 5 nitrogen and oxygen atoms in total. The third kappa shape index (κ3) is 4.08. The zero-order valence-electron chi connectivity index (χ0n) is 14.2. The monoisotopic (exact) mass is 434 g/mol. The number of carbonyl (C=O) groups is 2. The van der Waals surface area contributed by atoms with Crippen LogP contribution in [0, 0.1) is 6.92 Å². The summed E-state index contributed by atoms with van der Waals surface area (Å²) in [4.78, 5) is 26.1. The number of halogens is 2. The largest absolute Gasteiger partial charge is 0.451 e. The topological polar surface area (TPSA) is 62.6 Å². The first-order valence-electron chi connectivity index (χ1n) is 7.84. The molecule has 0 aliphatic carbocycles. The minimum Gasteiger partial charge on any atom is -0.451 e. The van der Waals surface area contributed by atoms with E-state index in [9.17, 15) is 9.59 Å². The predicted octanol–water partition coefficient (Wildman–Crippen LogP) is 4.87. The molecule has 0 aliphatic heterocycles. The highest BCUT2D eigenvalue weighted by Crippen LogP contribution is 2.24. The molecule has 134 valence electrons. The third-order valence-corrected chi connectivity index (χ3v) is 4.61. The molecule has 0 bridgehead atoms. The number of rotatable bonds is 4. The molecule has 1 heterocycles. The highest BCUT2D eigenvalue weighted by Gasteiger charge is 2.19. The Bertz CT molecular complexity index is 1000. The van der Waals surface area contributed by atoms with Crippen molar-refractivity contribution in [1.82, 2.24) is 4.90 Å². The van der Waals surface area contributed by atoms with E-state index < -0.39 is 0 Å². The van der Waals surface area contributed by atoms with Crippen LogP contribution in [-0.4, -0.2) is 30.3 Å². The molecular formula is C19H16BrClN2O3. The minimum atomic E-state index is -0.375. The number of furan rings is 1. The zero-order valence-corrected chi connectivity index (χ0v) is 16.5. The lowest BCUT2D eigenvalue weighted by molar-refractivity contribution is -0.116. The van der Waals surface area contributed by atoms with Crippen LogP contribution >= 0.6 is 27.5 Å². The molecule has 2 amide bonds. The van der Waals surface area contributed by atoms with E-state index in [0.717, 1.165) is 15.4 Å². The molecular weight excluding hydrogens is 420 g/mol. The van der Waals surface area contributed by atoms with E-state index >= 15 is 0 Å². The quantitative estimate of drug-likeness (QED) is 0.636. The fourth-order valence-corrected chi connectivity index (χ4v) is 3.21. The molecule has 7 heteroatoms. The second-order valence-electron chi connectivity index (χ2n) is 5.96. The molecule has 0 unspecified atom stereocenters. The van der Waals surface area contributed by atoms with Crippen molar-refractivity contribution in [3.63, 3.8) is 0 Å². The summed E-state index contributed by atoms with van der Waals surface area (Å²) in [5, 5.41) is 4.11. The van der Waals surface area contributed by atoms with E-state index in [1.165, 1.54) is 4.90 Å². The van der Waals surface area contributed by atoms with Crippen LogP contribution in [0.15, 0.2) is 51.4 Å². The second-order valence-corrected chi connectivity index (χ2v) is 7.31. The average molecular weight is 436 g/mol. The van der Waals surface area contributed by atoms with Crippen LogP contribution in [0.5, 0.6) is 0 Å². The molecule has 1 aromatic heterocycles. The summed E-state index contributed by atoms with van der Waals surface area (Å²) in [6.45, 7) is 1.81. The summed E-state index contributed by atoms with van der Waals surface area (Å²) in [6, 6.07) is 12.3. The Hall–Kier alpha value is -2.31. The number of anilines is 1. The number of aryl methyl sites for hydroxylation is 1. The van der Waals surface area contributed by atoms with E-state index in [0.29, 0.717) is 16.3 Å². The van der Waals surface area contributed by atoms with Crippen LogP contribution in [-0.2, 0) is 4.79 Å². The van der Waals surface area contributed by atoms with Crippen LogP contribution in [0.2, 0.25) is 5.02 Å². The van der Waals surface area contributed by atoms with E-state index in [1.54, 1.807) is 31.3 Å². The van der Waals surface area contributed by atoms with Gasteiger partial charge in [-0.2, -0.15) is 0 Å². The third-order valence-electron chi connectivity index (χ3n) is 3.88. The van der Waals surface area contributed by atoms with Crippen molar-refractivity contribution >= 4 is 56.0 Å². The smallest absolute Gasteiger partial charge is 0.289 e. The normalized spacial score (nSPS) is 10.8. The molecule has 0 radical (unpaired) electrons. The molecule has 2 aromatic carbocycles. The molecule has 0 aliphatic rings. The number of nitrogens with one attached hydrogen (secondary N) is 1. The lowest BCUT2D eigenvalue weighted by Crippen LogP contribution is -2.34. The van der Waals surface area contributed by atoms with Gasteiger partial charge in [0.15, 0.2) is 5.76 Å². The van der Waals surface area contributed by atoms with E-state index in [1.807, 2.05) is 25.1 Å². The Morgan fingerprint density at radius 3 is 2.69 bits per heavy atom. The number of fused-ring (bicyclic) bond motifs is 1. The summed E-state index contributed by atoms with van der Waals surface area (Å²) >= 11 is 9.33. The van der Waals surface area contributed by atoms with Crippen LogP contribution in [0.3, 0.4) is 0 Å². The minimum absolute atomic E-state index is 0.0911. The van der Waals surface area contributed by atoms with Gasteiger partial charge in [0.1, 0.15) is 5.58 Å². The predicted molar refractivity (Wildman–Crippen MR) is 106 cm³/mol. The standard InChI is InChI=1S/C19H16BrClN2O3/c1-11-7-13(20)3-5-15(11)22-18(24)10-23(2)19(25)17-9-12-8-14(21)4-6-16(12)26-17/h3-9H,10H2,1-2H3,(H,22,24). The lowest BCUT2D eigenvalue weighted by Gasteiger charge is -2.16. The van der Waals surface area contributed by atoms with Gasteiger partial charge in [0.2, 0.25) is 5.91 Å². The van der Waals surface area contributed by atoms with Gasteiger partial charge >= 0.3 is 0 Å². The average Bonchev–Trinajstić information content (AvgIpc) is 2.99. The van der Waals surface area contributed by atoms with Gasteiger partial charge in [0.05, 0.1) is 6.54 Å². The molecule has 0 saturated carbocycles. The van der Waals surface area contributed by atoms with Gasteiger partial charge in [-0.25, -0.2) is 0 Å². The van der Waals surface area contributed by atoms with Gasteiger partial charge in [-0.05, 0) is 55.0 Å². The molecule has 0 saturated heterocycles. The van der Waals surface area contributed by atoms with Crippen LogP contribution < -0.4 is 5.32 Å². The van der Waals surface area contributed by atoms with Gasteiger partial charge in [0, 0.05) is 27.6 Å². The summed E-state index contributed by atoms with van der Waals surface area (Å²) in [7, 11) is 1.55. The first-order valence-corrected chi connectivity index (χ1v) is 9.01. The van der Waals surface area contributed by atoms with Crippen molar-refractivity contribution in [1.29, 1.82) is 0 Å². The SMILES string of the molecule is Cc1cc(Br)ccc1NC(=O)CN(C)C(=O)c1cc2cc(Cl)ccc2o1. The number of carbonyl (C=O) groups excluding carboxylic acids is 2. The Kier molecular flexibility index (Phi) is 5.34. The fraction of sp³-hybridized carbons (Fsp3) is 0.158. The highest BCUT2D eigenvalue weighted by atomic mass is 79.9. The van der Waals surface area contributed by atoms with Gasteiger partial charge in [-0.1, -0.05) is 27.5 Å². The van der Waals surface area contributed by atoms with Crippen LogP contribution in [0.4, 0.5) is 5.69 Å². The maximum atomic E-state index is 12.5. The van der Waals surface area contributed by atoms with Crippen molar-refractivity contribution in [2.24, 2.45) is 0 Å². The first-order chi connectivity index (χ1) is 12.3. The van der Waals surface area contributed by atoms with Gasteiger partial charge in [-0.3, -0.25) is 9.59 Å².